The molecular weight excluding hydrogens is 483 g/mol. The second kappa shape index (κ2) is 9.76. The van der Waals surface area contributed by atoms with Crippen molar-refractivity contribution in [3.05, 3.63) is 64.1 Å². The highest BCUT2D eigenvalue weighted by molar-refractivity contribution is 7.92. The first-order chi connectivity index (χ1) is 15.8. The van der Waals surface area contributed by atoms with Gasteiger partial charge in [0.15, 0.2) is 15.6 Å². The van der Waals surface area contributed by atoms with E-state index in [1.54, 1.807) is 57.5 Å². The summed E-state index contributed by atoms with van der Waals surface area (Å²) in [5.41, 5.74) is 1.98. The molecule has 0 bridgehead atoms. The fourth-order valence-electron chi connectivity index (χ4n) is 3.60. The predicted octanol–water partition coefficient (Wildman–Crippen LogP) is 4.50. The van der Waals surface area contributed by atoms with Crippen LogP contribution < -0.4 is 5.32 Å². The average molecular weight is 509 g/mol. The summed E-state index contributed by atoms with van der Waals surface area (Å²) in [6, 6.07) is 8.63. The maximum absolute atomic E-state index is 14.2. The molecule has 182 valence electrons. The Kier molecular flexibility index (Phi) is 7.38. The molecule has 2 aromatic carbocycles. The Hall–Kier alpha value is -2.91. The van der Waals surface area contributed by atoms with Gasteiger partial charge in [0.2, 0.25) is 0 Å². The lowest BCUT2D eigenvalue weighted by molar-refractivity contribution is -0.144. The smallest absolute Gasteiger partial charge is 0.321 e. The molecule has 1 aromatic heterocycles. The molecule has 3 aromatic rings. The quantitative estimate of drug-likeness (QED) is 0.474. The van der Waals surface area contributed by atoms with Crippen LogP contribution in [-0.2, 0) is 26.4 Å². The first-order valence-electron chi connectivity index (χ1n) is 10.6. The van der Waals surface area contributed by atoms with Crippen molar-refractivity contribution < 1.29 is 27.1 Å². The fourth-order valence-corrected chi connectivity index (χ4v) is 5.00. The van der Waals surface area contributed by atoms with Gasteiger partial charge >= 0.3 is 5.97 Å². The highest BCUT2D eigenvalue weighted by Gasteiger charge is 2.23. The number of aryl methyl sites for hydroxylation is 2. The lowest BCUT2D eigenvalue weighted by atomic mass is 10.1. The van der Waals surface area contributed by atoms with Gasteiger partial charge in [-0.2, -0.15) is 0 Å². The number of carbonyl (C=O) groups excluding carboxylic acids is 2. The zero-order valence-electron chi connectivity index (χ0n) is 19.5. The molecule has 0 aliphatic heterocycles. The summed E-state index contributed by atoms with van der Waals surface area (Å²) in [5, 5.41) is 3.26. The molecule has 1 amide bonds. The average Bonchev–Trinajstić information content (AvgIpc) is 3.07. The summed E-state index contributed by atoms with van der Waals surface area (Å²) in [7, 11) is -2.16. The molecule has 10 heteroatoms. The predicted molar refractivity (Wildman–Crippen MR) is 128 cm³/mol. The molecule has 0 radical (unpaired) electrons. The number of halogens is 2. The molecule has 0 saturated heterocycles. The van der Waals surface area contributed by atoms with E-state index in [1.807, 2.05) is 0 Å². The Balaban J connectivity index is 1.77. The van der Waals surface area contributed by atoms with Crippen molar-refractivity contribution in [2.45, 2.75) is 44.7 Å². The molecule has 3 rings (SSSR count). The number of hydrogen-bond donors (Lipinski definition) is 1. The molecule has 0 fully saturated rings. The van der Waals surface area contributed by atoms with E-state index in [2.05, 4.69) is 5.32 Å². The molecule has 1 unspecified atom stereocenters. The van der Waals surface area contributed by atoms with Crippen molar-refractivity contribution in [1.82, 2.24) is 9.88 Å². The Morgan fingerprint density at radius 3 is 2.35 bits per heavy atom. The number of carbonyl (C=O) groups is 2. The highest BCUT2D eigenvalue weighted by Crippen LogP contribution is 2.31. The normalized spacial score (nSPS) is 12.7. The third kappa shape index (κ3) is 5.26. The van der Waals surface area contributed by atoms with Gasteiger partial charge in [0.25, 0.3) is 5.91 Å². The number of sulfone groups is 1. The van der Waals surface area contributed by atoms with Crippen LogP contribution in [0.1, 0.15) is 48.4 Å². The number of nitrogens with one attached hydrogen (secondary N) is 1. The lowest BCUT2D eigenvalue weighted by Gasteiger charge is -2.15. The largest absolute Gasteiger partial charge is 0.462 e. The standard InChI is InChI=1S/C24H26ClFN2O5S/c1-13(2)33-21(29)12-34(31,32)17-8-6-16(7-9-17)15(4)27-24(30)20-11-18-19(28(20)5)10-14(3)23(26)22(18)25/h6-11,13,15H,12H2,1-5H3,(H,27,30). The van der Waals surface area contributed by atoms with Crippen molar-refractivity contribution in [2.75, 3.05) is 5.75 Å². The van der Waals surface area contributed by atoms with Gasteiger partial charge in [-0.05, 0) is 63.1 Å². The molecule has 1 heterocycles. The molecule has 0 spiro atoms. The number of aromatic nitrogens is 1. The maximum Gasteiger partial charge on any atom is 0.321 e. The van der Waals surface area contributed by atoms with Crippen molar-refractivity contribution >= 4 is 44.2 Å². The van der Waals surface area contributed by atoms with Crippen LogP contribution in [0.15, 0.2) is 41.3 Å². The Bertz CT molecular complexity index is 1360. The van der Waals surface area contributed by atoms with Crippen molar-refractivity contribution in [2.24, 2.45) is 7.05 Å². The second-order valence-corrected chi connectivity index (χ2v) is 10.8. The van der Waals surface area contributed by atoms with E-state index in [0.29, 0.717) is 27.7 Å². The van der Waals surface area contributed by atoms with E-state index < -0.39 is 45.4 Å². The second-order valence-electron chi connectivity index (χ2n) is 8.40. The van der Waals surface area contributed by atoms with Crippen LogP contribution >= 0.6 is 11.6 Å². The summed E-state index contributed by atoms with van der Waals surface area (Å²) in [6.45, 7) is 6.63. The number of hydrogen-bond acceptors (Lipinski definition) is 5. The third-order valence-electron chi connectivity index (χ3n) is 5.40. The van der Waals surface area contributed by atoms with Crippen molar-refractivity contribution in [3.8, 4) is 0 Å². The van der Waals surface area contributed by atoms with Crippen LogP contribution in [0.4, 0.5) is 4.39 Å². The van der Waals surface area contributed by atoms with Crippen LogP contribution in [0.2, 0.25) is 5.02 Å². The first-order valence-corrected chi connectivity index (χ1v) is 12.6. The van der Waals surface area contributed by atoms with Gasteiger partial charge < -0.3 is 14.6 Å². The fraction of sp³-hybridized carbons (Fsp3) is 0.333. The summed E-state index contributed by atoms with van der Waals surface area (Å²) < 4.78 is 45.6. The summed E-state index contributed by atoms with van der Waals surface area (Å²) in [5.74, 6) is -2.48. The lowest BCUT2D eigenvalue weighted by Crippen LogP contribution is -2.28. The van der Waals surface area contributed by atoms with Crippen LogP contribution in [0, 0.1) is 12.7 Å². The maximum atomic E-state index is 14.2. The minimum atomic E-state index is -3.85. The molecule has 0 aliphatic rings. The number of rotatable bonds is 7. The van der Waals surface area contributed by atoms with Gasteiger partial charge in [0.05, 0.1) is 27.6 Å². The third-order valence-corrected chi connectivity index (χ3v) is 7.38. The Morgan fingerprint density at radius 1 is 1.15 bits per heavy atom. The van der Waals surface area contributed by atoms with Crippen molar-refractivity contribution in [1.29, 1.82) is 0 Å². The molecular formula is C24H26ClFN2O5S. The van der Waals surface area contributed by atoms with E-state index in [4.69, 9.17) is 16.3 Å². The van der Waals surface area contributed by atoms with Crippen molar-refractivity contribution in [3.63, 3.8) is 0 Å². The zero-order chi connectivity index (χ0) is 25.4. The molecule has 1 atom stereocenters. The van der Waals surface area contributed by atoms with Gasteiger partial charge in [-0.1, -0.05) is 23.7 Å². The molecule has 34 heavy (non-hydrogen) atoms. The van der Waals surface area contributed by atoms with Crippen LogP contribution in [0.5, 0.6) is 0 Å². The van der Waals surface area contributed by atoms with Gasteiger partial charge in [-0.15, -0.1) is 0 Å². The van der Waals surface area contributed by atoms with Gasteiger partial charge in [0, 0.05) is 12.4 Å². The van der Waals surface area contributed by atoms with Gasteiger partial charge in [0.1, 0.15) is 11.5 Å². The van der Waals surface area contributed by atoms with Gasteiger partial charge in [-0.3, -0.25) is 9.59 Å². The number of amides is 1. The number of ether oxygens (including phenoxy) is 1. The zero-order valence-corrected chi connectivity index (χ0v) is 21.1. The highest BCUT2D eigenvalue weighted by atomic mass is 35.5. The molecule has 7 nitrogen and oxygen atoms in total. The molecule has 1 N–H and O–H groups in total. The number of fused-ring (bicyclic) bond motifs is 1. The topological polar surface area (TPSA) is 94.5 Å². The Morgan fingerprint density at radius 2 is 1.76 bits per heavy atom. The van der Waals surface area contributed by atoms with E-state index in [9.17, 15) is 22.4 Å². The van der Waals surface area contributed by atoms with E-state index >= 15 is 0 Å². The van der Waals surface area contributed by atoms with E-state index in [-0.39, 0.29) is 9.92 Å². The van der Waals surface area contributed by atoms with Crippen LogP contribution in [0.25, 0.3) is 10.9 Å². The summed E-state index contributed by atoms with van der Waals surface area (Å²) in [6.07, 6.45) is -0.407. The Labute approximate surface area is 202 Å². The number of esters is 1. The number of benzene rings is 2. The minimum Gasteiger partial charge on any atom is -0.462 e. The van der Waals surface area contributed by atoms with E-state index in [1.165, 1.54) is 18.2 Å². The summed E-state index contributed by atoms with van der Waals surface area (Å²) in [4.78, 5) is 24.6. The monoisotopic (exact) mass is 508 g/mol. The van der Waals surface area contributed by atoms with Gasteiger partial charge in [-0.25, -0.2) is 12.8 Å². The molecule has 0 aliphatic carbocycles. The SMILES string of the molecule is Cc1cc2c(cc(C(=O)NC(C)c3ccc(S(=O)(=O)CC(=O)OC(C)C)cc3)n2C)c(Cl)c1F. The van der Waals surface area contributed by atoms with Crippen LogP contribution in [-0.4, -0.2) is 36.7 Å². The molecule has 0 saturated carbocycles. The first kappa shape index (κ1) is 25.7. The minimum absolute atomic E-state index is 0.0174. The number of nitrogens with zero attached hydrogens (tertiary/aromatic N) is 1. The van der Waals surface area contributed by atoms with Crippen LogP contribution in [0.3, 0.4) is 0 Å². The van der Waals surface area contributed by atoms with E-state index in [0.717, 1.165) is 0 Å². The summed E-state index contributed by atoms with van der Waals surface area (Å²) >= 11 is 6.13.